The summed E-state index contributed by atoms with van der Waals surface area (Å²) >= 11 is 3.29. The highest BCUT2D eigenvalue weighted by molar-refractivity contribution is 9.10. The van der Waals surface area contributed by atoms with Gasteiger partial charge in [-0.05, 0) is 32.0 Å². The van der Waals surface area contributed by atoms with Crippen LogP contribution in [0.3, 0.4) is 0 Å². The standard InChI is InChI=1S/C17H15BrF2N2O3/c1-8-12(7-21)15(14(9(2)22-8)16(23)24-3)11-6-10(18)4-5-13(11)25-17(19)20/h4-6,15,17,22H,1-3H3. The number of hydrogen-bond donors (Lipinski definition) is 1. The van der Waals surface area contributed by atoms with E-state index in [0.29, 0.717) is 15.9 Å². The van der Waals surface area contributed by atoms with Gasteiger partial charge in [0, 0.05) is 21.4 Å². The minimum atomic E-state index is -3.04. The molecule has 5 nitrogen and oxygen atoms in total. The first-order valence-electron chi connectivity index (χ1n) is 7.21. The van der Waals surface area contributed by atoms with Gasteiger partial charge in [-0.1, -0.05) is 15.9 Å². The first kappa shape index (κ1) is 18.9. The van der Waals surface area contributed by atoms with Gasteiger partial charge in [-0.2, -0.15) is 14.0 Å². The smallest absolute Gasteiger partial charge is 0.387 e. The summed E-state index contributed by atoms with van der Waals surface area (Å²) in [6.07, 6.45) is 0. The zero-order valence-corrected chi connectivity index (χ0v) is 15.3. The Morgan fingerprint density at radius 1 is 1.36 bits per heavy atom. The Kier molecular flexibility index (Phi) is 5.80. The second-order valence-electron chi connectivity index (χ2n) is 5.30. The van der Waals surface area contributed by atoms with Gasteiger partial charge in [0.1, 0.15) is 5.75 Å². The molecule has 1 aliphatic rings. The second-order valence-corrected chi connectivity index (χ2v) is 6.22. The Labute approximate surface area is 152 Å². The van der Waals surface area contributed by atoms with Crippen molar-refractivity contribution in [1.82, 2.24) is 5.32 Å². The lowest BCUT2D eigenvalue weighted by Gasteiger charge is -2.29. The number of allylic oxidation sites excluding steroid dienone is 3. The maximum absolute atomic E-state index is 12.8. The van der Waals surface area contributed by atoms with E-state index in [-0.39, 0.29) is 22.5 Å². The quantitative estimate of drug-likeness (QED) is 0.757. The number of methoxy groups -OCH3 is 1. The molecule has 0 spiro atoms. The van der Waals surface area contributed by atoms with Gasteiger partial charge in [-0.3, -0.25) is 0 Å². The third-order valence-electron chi connectivity index (χ3n) is 3.79. The number of dihydropyridines is 1. The van der Waals surface area contributed by atoms with E-state index < -0.39 is 18.5 Å². The van der Waals surface area contributed by atoms with Crippen LogP contribution in [0, 0.1) is 11.3 Å². The lowest BCUT2D eigenvalue weighted by molar-refractivity contribution is -0.136. The molecule has 0 aromatic heterocycles. The van der Waals surface area contributed by atoms with Gasteiger partial charge in [0.05, 0.1) is 30.2 Å². The first-order valence-corrected chi connectivity index (χ1v) is 8.00. The third kappa shape index (κ3) is 3.82. The predicted octanol–water partition coefficient (Wildman–Crippen LogP) is 3.98. The highest BCUT2D eigenvalue weighted by Gasteiger charge is 2.36. The Morgan fingerprint density at radius 2 is 2.04 bits per heavy atom. The molecule has 132 valence electrons. The van der Waals surface area contributed by atoms with E-state index in [0.717, 1.165) is 0 Å². The van der Waals surface area contributed by atoms with Crippen LogP contribution < -0.4 is 10.1 Å². The summed E-state index contributed by atoms with van der Waals surface area (Å²) in [4.78, 5) is 12.3. The largest absolute Gasteiger partial charge is 0.466 e. The molecule has 0 saturated carbocycles. The molecule has 1 N–H and O–H groups in total. The number of nitriles is 1. The lowest BCUT2D eigenvalue weighted by Crippen LogP contribution is -2.28. The van der Waals surface area contributed by atoms with Crippen LogP contribution >= 0.6 is 15.9 Å². The van der Waals surface area contributed by atoms with Crippen molar-refractivity contribution in [3.63, 3.8) is 0 Å². The Bertz CT molecular complexity index is 813. The highest BCUT2D eigenvalue weighted by Crippen LogP contribution is 2.43. The molecular weight excluding hydrogens is 398 g/mol. The van der Waals surface area contributed by atoms with Crippen LogP contribution in [0.1, 0.15) is 25.3 Å². The van der Waals surface area contributed by atoms with Crippen LogP contribution in [0.4, 0.5) is 8.78 Å². The van der Waals surface area contributed by atoms with Crippen LogP contribution in [0.25, 0.3) is 0 Å². The number of esters is 1. The van der Waals surface area contributed by atoms with Crippen molar-refractivity contribution in [1.29, 1.82) is 5.26 Å². The summed E-state index contributed by atoms with van der Waals surface area (Å²) < 4.78 is 35.6. The molecular formula is C17H15BrF2N2O3. The second kappa shape index (κ2) is 7.66. The van der Waals surface area contributed by atoms with Crippen LogP contribution in [0.5, 0.6) is 5.75 Å². The third-order valence-corrected chi connectivity index (χ3v) is 4.28. The highest BCUT2D eigenvalue weighted by atomic mass is 79.9. The number of nitrogens with one attached hydrogen (secondary N) is 1. The SMILES string of the molecule is COC(=O)C1=C(C)NC(C)=C(C#N)C1c1cc(Br)ccc1OC(F)F. The van der Waals surface area contributed by atoms with Crippen molar-refractivity contribution in [2.45, 2.75) is 26.4 Å². The molecule has 25 heavy (non-hydrogen) atoms. The maximum Gasteiger partial charge on any atom is 0.387 e. The number of rotatable bonds is 4. The van der Waals surface area contributed by atoms with Gasteiger partial charge in [-0.15, -0.1) is 0 Å². The average molecular weight is 413 g/mol. The zero-order chi connectivity index (χ0) is 18.7. The van der Waals surface area contributed by atoms with Crippen molar-refractivity contribution >= 4 is 21.9 Å². The van der Waals surface area contributed by atoms with Crippen LogP contribution in [0.15, 0.2) is 45.2 Å². The van der Waals surface area contributed by atoms with Crippen molar-refractivity contribution in [2.75, 3.05) is 7.11 Å². The number of carbonyl (C=O) groups excluding carboxylic acids is 1. The molecule has 1 aromatic carbocycles. The van der Waals surface area contributed by atoms with E-state index in [4.69, 9.17) is 4.74 Å². The number of ether oxygens (including phenoxy) is 2. The van der Waals surface area contributed by atoms with Gasteiger partial charge < -0.3 is 14.8 Å². The van der Waals surface area contributed by atoms with E-state index in [9.17, 15) is 18.8 Å². The van der Waals surface area contributed by atoms with Gasteiger partial charge in [-0.25, -0.2) is 4.79 Å². The monoisotopic (exact) mass is 412 g/mol. The summed E-state index contributed by atoms with van der Waals surface area (Å²) in [5.74, 6) is -1.65. The molecule has 1 atom stereocenters. The van der Waals surface area contributed by atoms with Crippen molar-refractivity contribution < 1.29 is 23.0 Å². The molecule has 0 radical (unpaired) electrons. The minimum absolute atomic E-state index is 0.111. The average Bonchev–Trinajstić information content (AvgIpc) is 2.54. The van der Waals surface area contributed by atoms with Crippen LogP contribution in [0.2, 0.25) is 0 Å². The maximum atomic E-state index is 12.8. The van der Waals surface area contributed by atoms with Crippen molar-refractivity contribution in [2.24, 2.45) is 0 Å². The summed E-state index contributed by atoms with van der Waals surface area (Å²) in [6, 6.07) is 6.50. The zero-order valence-electron chi connectivity index (χ0n) is 13.7. The number of hydrogen-bond acceptors (Lipinski definition) is 5. The fourth-order valence-corrected chi connectivity index (χ4v) is 3.16. The van der Waals surface area contributed by atoms with E-state index >= 15 is 0 Å². The molecule has 8 heteroatoms. The molecule has 1 aromatic rings. The van der Waals surface area contributed by atoms with E-state index in [1.807, 2.05) is 6.07 Å². The number of nitrogens with zero attached hydrogens (tertiary/aromatic N) is 1. The van der Waals surface area contributed by atoms with Gasteiger partial charge in [0.15, 0.2) is 0 Å². The van der Waals surface area contributed by atoms with E-state index in [1.54, 1.807) is 26.0 Å². The van der Waals surface area contributed by atoms with E-state index in [1.165, 1.54) is 13.2 Å². The Hall–Kier alpha value is -2.40. The molecule has 1 aliphatic heterocycles. The van der Waals surface area contributed by atoms with E-state index in [2.05, 4.69) is 26.0 Å². The Balaban J connectivity index is 2.74. The van der Waals surface area contributed by atoms with Crippen LogP contribution in [-0.4, -0.2) is 19.7 Å². The molecule has 0 saturated heterocycles. The number of carbonyl (C=O) groups is 1. The van der Waals surface area contributed by atoms with Crippen LogP contribution in [-0.2, 0) is 9.53 Å². The van der Waals surface area contributed by atoms with Crippen molar-refractivity contribution in [3.05, 3.63) is 50.8 Å². The molecule has 0 aliphatic carbocycles. The summed E-state index contributed by atoms with van der Waals surface area (Å²) in [7, 11) is 1.22. The van der Waals surface area contributed by atoms with Gasteiger partial charge in [0.2, 0.25) is 0 Å². The number of benzene rings is 1. The molecule has 1 heterocycles. The molecule has 2 rings (SSSR count). The fraction of sp³-hybridized carbons (Fsp3) is 0.294. The Morgan fingerprint density at radius 3 is 2.60 bits per heavy atom. The van der Waals surface area contributed by atoms with Gasteiger partial charge in [0.25, 0.3) is 0 Å². The molecule has 0 fully saturated rings. The fourth-order valence-electron chi connectivity index (χ4n) is 2.78. The summed E-state index contributed by atoms with van der Waals surface area (Å²) in [5.41, 5.74) is 1.67. The topological polar surface area (TPSA) is 71.3 Å². The molecule has 0 amide bonds. The lowest BCUT2D eigenvalue weighted by atomic mass is 9.80. The summed E-state index contributed by atoms with van der Waals surface area (Å²) in [6.45, 7) is 0.293. The predicted molar refractivity (Wildman–Crippen MR) is 89.7 cm³/mol. The summed E-state index contributed by atoms with van der Waals surface area (Å²) in [5, 5.41) is 12.5. The van der Waals surface area contributed by atoms with Crippen molar-refractivity contribution in [3.8, 4) is 11.8 Å². The minimum Gasteiger partial charge on any atom is -0.466 e. The molecule has 0 bridgehead atoms. The normalized spacial score (nSPS) is 17.3. The first-order chi connectivity index (χ1) is 11.8. The number of halogens is 3. The number of alkyl halides is 2. The van der Waals surface area contributed by atoms with Gasteiger partial charge >= 0.3 is 12.6 Å². The molecule has 1 unspecified atom stereocenters.